The number of piperidine rings is 1. The number of urea groups is 1. The molecule has 1 atom stereocenters. The summed E-state index contributed by atoms with van der Waals surface area (Å²) in [5.74, 6) is 0.688. The highest BCUT2D eigenvalue weighted by Crippen LogP contribution is 2.27. The fourth-order valence-electron chi connectivity index (χ4n) is 4.67. The van der Waals surface area contributed by atoms with Gasteiger partial charge in [0, 0.05) is 50.5 Å². The molecule has 0 bridgehead atoms. The Hall–Kier alpha value is -3.07. The van der Waals surface area contributed by atoms with E-state index in [0.29, 0.717) is 49.3 Å². The fourth-order valence-corrected chi connectivity index (χ4v) is 4.67. The molecule has 3 aliphatic rings. The number of benzene rings is 1. The van der Waals surface area contributed by atoms with Crippen molar-refractivity contribution in [3.8, 4) is 5.75 Å². The molecule has 0 radical (unpaired) electrons. The van der Waals surface area contributed by atoms with E-state index in [1.54, 1.807) is 18.2 Å². The van der Waals surface area contributed by atoms with E-state index in [-0.39, 0.29) is 17.8 Å². The molecule has 7 N–H and O–H groups in total. The molecule has 1 unspecified atom stereocenters. The topological polar surface area (TPSA) is 123 Å². The summed E-state index contributed by atoms with van der Waals surface area (Å²) in [4.78, 5) is 19.2. The van der Waals surface area contributed by atoms with Crippen LogP contribution < -0.4 is 22.1 Å². The first-order valence-corrected chi connectivity index (χ1v) is 10.9. The Morgan fingerprint density at radius 2 is 2.00 bits per heavy atom. The van der Waals surface area contributed by atoms with Gasteiger partial charge in [-0.3, -0.25) is 0 Å². The third-order valence-corrected chi connectivity index (χ3v) is 6.53. The molecule has 2 saturated heterocycles. The molecule has 1 aromatic rings. The first-order chi connectivity index (χ1) is 15.0. The van der Waals surface area contributed by atoms with E-state index in [0.717, 1.165) is 31.6 Å². The number of piperazine rings is 1. The second-order valence-corrected chi connectivity index (χ2v) is 8.46. The molecule has 0 aliphatic carbocycles. The van der Waals surface area contributed by atoms with E-state index >= 15 is 0 Å². The van der Waals surface area contributed by atoms with Crippen LogP contribution in [0.25, 0.3) is 5.70 Å². The van der Waals surface area contributed by atoms with Crippen molar-refractivity contribution in [3.63, 3.8) is 0 Å². The van der Waals surface area contributed by atoms with Gasteiger partial charge in [-0.15, -0.1) is 0 Å². The summed E-state index contributed by atoms with van der Waals surface area (Å²) in [6.45, 7) is 4.52. The van der Waals surface area contributed by atoms with Crippen LogP contribution in [-0.2, 0) is 0 Å². The van der Waals surface area contributed by atoms with Crippen molar-refractivity contribution in [1.82, 2.24) is 25.3 Å². The molecule has 9 nitrogen and oxygen atoms in total. The minimum Gasteiger partial charge on any atom is -0.507 e. The Bertz CT molecular complexity index is 878. The number of aromatic hydroxyl groups is 1. The first kappa shape index (κ1) is 21.2. The van der Waals surface area contributed by atoms with Crippen LogP contribution in [0, 0.1) is 0 Å². The zero-order valence-electron chi connectivity index (χ0n) is 18.1. The number of nitrogens with zero attached hydrogens (tertiary/aromatic N) is 3. The number of allylic oxidation sites excluding steroid dienone is 1. The second kappa shape index (κ2) is 8.97. The highest BCUT2D eigenvalue weighted by atomic mass is 16.3. The maximum Gasteiger partial charge on any atom is 0.320 e. The van der Waals surface area contributed by atoms with Gasteiger partial charge in [0.1, 0.15) is 11.6 Å². The van der Waals surface area contributed by atoms with Crippen molar-refractivity contribution in [2.45, 2.75) is 24.9 Å². The molecule has 0 saturated carbocycles. The molecular weight excluding hydrogens is 394 g/mol. The number of hydrogen-bond donors (Lipinski definition) is 5. The number of carbonyl (C=O) groups excluding carboxylic acids is 1. The van der Waals surface area contributed by atoms with Crippen molar-refractivity contribution < 1.29 is 9.90 Å². The molecule has 2 amide bonds. The fraction of sp³-hybridized carbons (Fsp3) is 0.500. The number of amides is 2. The molecule has 0 aromatic heterocycles. The molecular formula is C22H33N7O2. The number of hydrogen-bond acceptors (Lipinski definition) is 7. The predicted octanol–water partition coefficient (Wildman–Crippen LogP) is 0.213. The summed E-state index contributed by atoms with van der Waals surface area (Å²) in [5, 5.41) is 16.7. The number of nitrogens with two attached hydrogens (primary N) is 2. The standard InChI is InChI=1S/C22H33N7O2/c1-27(15-6-8-25-9-7-15)22(31)28-10-11-29-16(14-28)13-26-21(24)19(29)12-18(23)17-4-2-3-5-20(17)30/h2-5,12,15-16,25-26,30H,6-11,13-14,23-24H2,1H3/b18-12-. The third-order valence-electron chi connectivity index (χ3n) is 6.53. The first-order valence-electron chi connectivity index (χ1n) is 10.9. The van der Waals surface area contributed by atoms with Gasteiger partial charge in [-0.2, -0.15) is 0 Å². The highest BCUT2D eigenvalue weighted by Gasteiger charge is 2.36. The van der Waals surface area contributed by atoms with Crippen LogP contribution in [0.2, 0.25) is 0 Å². The Morgan fingerprint density at radius 3 is 2.74 bits per heavy atom. The zero-order valence-corrected chi connectivity index (χ0v) is 18.1. The van der Waals surface area contributed by atoms with Gasteiger partial charge in [-0.25, -0.2) is 4.79 Å². The van der Waals surface area contributed by atoms with E-state index in [1.165, 1.54) is 0 Å². The van der Waals surface area contributed by atoms with Crippen LogP contribution in [0.3, 0.4) is 0 Å². The number of nitrogens with one attached hydrogen (secondary N) is 2. The van der Waals surface area contributed by atoms with Gasteiger partial charge in [0.15, 0.2) is 0 Å². The van der Waals surface area contributed by atoms with Crippen LogP contribution in [0.1, 0.15) is 18.4 Å². The number of para-hydroxylation sites is 1. The summed E-state index contributed by atoms with van der Waals surface area (Å²) in [5.41, 5.74) is 14.4. The summed E-state index contributed by atoms with van der Waals surface area (Å²) in [6.07, 6.45) is 3.79. The highest BCUT2D eigenvalue weighted by molar-refractivity contribution is 5.75. The molecule has 2 fully saturated rings. The van der Waals surface area contributed by atoms with E-state index < -0.39 is 0 Å². The average Bonchev–Trinajstić information content (AvgIpc) is 2.80. The van der Waals surface area contributed by atoms with Crippen molar-refractivity contribution >= 4 is 11.7 Å². The summed E-state index contributed by atoms with van der Waals surface area (Å²) < 4.78 is 0. The van der Waals surface area contributed by atoms with Crippen LogP contribution in [0.4, 0.5) is 4.79 Å². The van der Waals surface area contributed by atoms with Crippen LogP contribution in [-0.4, -0.2) is 84.2 Å². The van der Waals surface area contributed by atoms with Gasteiger partial charge < -0.3 is 41.9 Å². The maximum absolute atomic E-state index is 13.1. The minimum atomic E-state index is 0.0971. The lowest BCUT2D eigenvalue weighted by molar-refractivity contribution is 0.0832. The molecule has 9 heteroatoms. The predicted molar refractivity (Wildman–Crippen MR) is 121 cm³/mol. The van der Waals surface area contributed by atoms with Crippen molar-refractivity contribution in [1.29, 1.82) is 0 Å². The lowest BCUT2D eigenvalue weighted by atomic mass is 10.0. The molecule has 3 aliphatic heterocycles. The SMILES string of the molecule is CN(C(=O)N1CCN2C(/C=C(\N)c3ccccc3O)=C(N)NCC2C1)C1CCNCC1. The lowest BCUT2D eigenvalue weighted by Gasteiger charge is -2.47. The Morgan fingerprint density at radius 1 is 1.26 bits per heavy atom. The molecule has 31 heavy (non-hydrogen) atoms. The second-order valence-electron chi connectivity index (χ2n) is 8.46. The van der Waals surface area contributed by atoms with E-state index in [4.69, 9.17) is 11.5 Å². The normalized spacial score (nSPS) is 22.7. The summed E-state index contributed by atoms with van der Waals surface area (Å²) in [6, 6.07) is 7.48. The van der Waals surface area contributed by atoms with Gasteiger partial charge >= 0.3 is 6.03 Å². The Balaban J connectivity index is 1.47. The van der Waals surface area contributed by atoms with Gasteiger partial charge in [0.2, 0.25) is 0 Å². The summed E-state index contributed by atoms with van der Waals surface area (Å²) in [7, 11) is 1.92. The Labute approximate surface area is 183 Å². The third kappa shape index (κ3) is 4.36. The number of phenolic OH excluding ortho intramolecular Hbond substituents is 1. The molecule has 4 rings (SSSR count). The lowest BCUT2D eigenvalue weighted by Crippen LogP contribution is -2.62. The van der Waals surface area contributed by atoms with Gasteiger partial charge in [-0.1, -0.05) is 12.1 Å². The van der Waals surface area contributed by atoms with E-state index in [2.05, 4.69) is 15.5 Å². The van der Waals surface area contributed by atoms with Crippen LogP contribution >= 0.6 is 0 Å². The van der Waals surface area contributed by atoms with Crippen LogP contribution in [0.15, 0.2) is 41.9 Å². The monoisotopic (exact) mass is 427 g/mol. The van der Waals surface area contributed by atoms with E-state index in [9.17, 15) is 9.90 Å². The summed E-state index contributed by atoms with van der Waals surface area (Å²) >= 11 is 0. The molecule has 1 aromatic carbocycles. The number of rotatable bonds is 3. The largest absolute Gasteiger partial charge is 0.507 e. The van der Waals surface area contributed by atoms with Crippen molar-refractivity contribution in [2.24, 2.45) is 11.5 Å². The smallest absolute Gasteiger partial charge is 0.320 e. The molecule has 168 valence electrons. The zero-order chi connectivity index (χ0) is 22.0. The quantitative estimate of drug-likeness (QED) is 0.467. The number of carbonyl (C=O) groups is 1. The minimum absolute atomic E-state index is 0.0971. The number of fused-ring (bicyclic) bond motifs is 1. The number of phenols is 1. The average molecular weight is 428 g/mol. The molecule has 0 spiro atoms. The van der Waals surface area contributed by atoms with Crippen molar-refractivity contribution in [2.75, 3.05) is 46.3 Å². The maximum atomic E-state index is 13.1. The van der Waals surface area contributed by atoms with Gasteiger partial charge in [0.25, 0.3) is 0 Å². The van der Waals surface area contributed by atoms with E-state index in [1.807, 2.05) is 29.0 Å². The van der Waals surface area contributed by atoms with Gasteiger partial charge in [0.05, 0.1) is 11.7 Å². The van der Waals surface area contributed by atoms with Gasteiger partial charge in [-0.05, 0) is 44.1 Å². The molecule has 3 heterocycles. The van der Waals surface area contributed by atoms with Crippen LogP contribution in [0.5, 0.6) is 5.75 Å². The Kier molecular flexibility index (Phi) is 6.13. The van der Waals surface area contributed by atoms with Crippen molar-refractivity contribution in [3.05, 3.63) is 47.4 Å².